The Hall–Kier alpha value is -2.42. The molecule has 0 aliphatic carbocycles. The summed E-state index contributed by atoms with van der Waals surface area (Å²) in [5.41, 5.74) is 2.54. The zero-order valence-electron chi connectivity index (χ0n) is 9.05. The summed E-state index contributed by atoms with van der Waals surface area (Å²) in [7, 11) is 0. The van der Waals surface area contributed by atoms with E-state index >= 15 is 0 Å². The van der Waals surface area contributed by atoms with Gasteiger partial charge in [-0.1, -0.05) is 30.3 Å². The number of aromatic nitrogens is 2. The van der Waals surface area contributed by atoms with Gasteiger partial charge in [0.1, 0.15) is 0 Å². The van der Waals surface area contributed by atoms with E-state index in [4.69, 9.17) is 0 Å². The highest BCUT2D eigenvalue weighted by Gasteiger charge is 2.02. The number of H-pyrrole nitrogens is 1. The number of nitrogens with zero attached hydrogens (tertiary/aromatic N) is 1. The number of rotatable bonds is 1. The molecule has 0 saturated heterocycles. The van der Waals surface area contributed by atoms with Crippen LogP contribution in [-0.4, -0.2) is 9.97 Å². The Kier molecular flexibility index (Phi) is 2.22. The Morgan fingerprint density at radius 3 is 2.59 bits per heavy atom. The van der Waals surface area contributed by atoms with Crippen LogP contribution in [0.15, 0.2) is 59.5 Å². The fraction of sp³-hybridized carbons (Fsp3) is 0. The Balaban J connectivity index is 2.25. The molecular weight excluding hydrogens is 212 g/mol. The van der Waals surface area contributed by atoms with E-state index in [2.05, 4.69) is 9.97 Å². The summed E-state index contributed by atoms with van der Waals surface area (Å²) in [6.45, 7) is 0. The number of pyridine rings is 2. The first-order chi connectivity index (χ1) is 8.34. The summed E-state index contributed by atoms with van der Waals surface area (Å²) in [6.07, 6.45) is 1.62. The molecule has 2 aromatic heterocycles. The van der Waals surface area contributed by atoms with Gasteiger partial charge in [-0.3, -0.25) is 4.79 Å². The van der Waals surface area contributed by atoms with Gasteiger partial charge in [-0.05, 0) is 18.2 Å². The average Bonchev–Trinajstić information content (AvgIpc) is 2.40. The van der Waals surface area contributed by atoms with E-state index in [1.54, 1.807) is 6.20 Å². The molecule has 2 heterocycles. The van der Waals surface area contributed by atoms with Crippen molar-refractivity contribution in [3.8, 4) is 11.3 Å². The molecule has 3 heteroatoms. The summed E-state index contributed by atoms with van der Waals surface area (Å²) >= 11 is 0. The number of benzene rings is 1. The molecule has 17 heavy (non-hydrogen) atoms. The second-order valence-electron chi connectivity index (χ2n) is 3.80. The van der Waals surface area contributed by atoms with Crippen LogP contribution < -0.4 is 5.56 Å². The summed E-state index contributed by atoms with van der Waals surface area (Å²) < 4.78 is 0. The SMILES string of the molecule is O=c1[nH]ccc2nc(-c3ccccc3)ccc12. The molecule has 0 aliphatic rings. The van der Waals surface area contributed by atoms with Gasteiger partial charge in [-0.15, -0.1) is 0 Å². The lowest BCUT2D eigenvalue weighted by Gasteiger charge is -2.02. The van der Waals surface area contributed by atoms with Crippen LogP contribution in [0.4, 0.5) is 0 Å². The van der Waals surface area contributed by atoms with Gasteiger partial charge in [0, 0.05) is 11.8 Å². The van der Waals surface area contributed by atoms with Crippen LogP contribution in [0.2, 0.25) is 0 Å². The normalized spacial score (nSPS) is 10.6. The third-order valence-corrected chi connectivity index (χ3v) is 2.69. The van der Waals surface area contributed by atoms with Gasteiger partial charge in [0.05, 0.1) is 16.6 Å². The smallest absolute Gasteiger partial charge is 0.257 e. The van der Waals surface area contributed by atoms with Gasteiger partial charge in [-0.2, -0.15) is 0 Å². The van der Waals surface area contributed by atoms with Gasteiger partial charge in [0.25, 0.3) is 5.56 Å². The largest absolute Gasteiger partial charge is 0.328 e. The Morgan fingerprint density at radius 2 is 1.76 bits per heavy atom. The van der Waals surface area contributed by atoms with Gasteiger partial charge in [-0.25, -0.2) is 4.98 Å². The van der Waals surface area contributed by atoms with Crippen LogP contribution >= 0.6 is 0 Å². The second-order valence-corrected chi connectivity index (χ2v) is 3.80. The molecule has 0 amide bonds. The maximum Gasteiger partial charge on any atom is 0.257 e. The molecule has 0 radical (unpaired) electrons. The molecule has 3 nitrogen and oxygen atoms in total. The maximum atomic E-state index is 11.5. The van der Waals surface area contributed by atoms with Crippen molar-refractivity contribution in [3.05, 3.63) is 65.1 Å². The number of aromatic amines is 1. The van der Waals surface area contributed by atoms with Crippen LogP contribution in [0, 0.1) is 0 Å². The van der Waals surface area contributed by atoms with Crippen molar-refractivity contribution in [2.45, 2.75) is 0 Å². The zero-order chi connectivity index (χ0) is 11.7. The van der Waals surface area contributed by atoms with Crippen LogP contribution in [0.3, 0.4) is 0 Å². The third kappa shape index (κ3) is 1.72. The number of hydrogen-bond donors (Lipinski definition) is 1. The van der Waals surface area contributed by atoms with Crippen molar-refractivity contribution in [2.24, 2.45) is 0 Å². The standard InChI is InChI=1S/C14H10N2O/c17-14-11-6-7-12(10-4-2-1-3-5-10)16-13(11)8-9-15-14/h1-9H,(H,15,17). The van der Waals surface area contributed by atoms with E-state index in [9.17, 15) is 4.79 Å². The number of nitrogens with one attached hydrogen (secondary N) is 1. The van der Waals surface area contributed by atoms with Crippen molar-refractivity contribution in [2.75, 3.05) is 0 Å². The molecule has 0 bridgehead atoms. The lowest BCUT2D eigenvalue weighted by molar-refractivity contribution is 1.26. The predicted octanol–water partition coefficient (Wildman–Crippen LogP) is 2.59. The quantitative estimate of drug-likeness (QED) is 0.687. The molecule has 1 N–H and O–H groups in total. The van der Waals surface area contributed by atoms with Crippen LogP contribution in [0.5, 0.6) is 0 Å². The highest BCUT2D eigenvalue weighted by Crippen LogP contribution is 2.18. The molecular formula is C14H10N2O. The molecule has 3 aromatic rings. The fourth-order valence-electron chi connectivity index (χ4n) is 1.84. The molecule has 3 rings (SSSR count). The predicted molar refractivity (Wildman–Crippen MR) is 67.8 cm³/mol. The van der Waals surface area contributed by atoms with Crippen LogP contribution in [0.1, 0.15) is 0 Å². The maximum absolute atomic E-state index is 11.5. The monoisotopic (exact) mass is 222 g/mol. The van der Waals surface area contributed by atoms with E-state index in [0.717, 1.165) is 16.8 Å². The van der Waals surface area contributed by atoms with Crippen molar-refractivity contribution in [1.82, 2.24) is 9.97 Å². The Bertz CT molecular complexity index is 717. The molecule has 0 saturated carbocycles. The second kappa shape index (κ2) is 3.87. The minimum Gasteiger partial charge on any atom is -0.328 e. The number of fused-ring (bicyclic) bond motifs is 1. The van der Waals surface area contributed by atoms with Crippen molar-refractivity contribution >= 4 is 10.9 Å². The van der Waals surface area contributed by atoms with Crippen molar-refractivity contribution in [1.29, 1.82) is 0 Å². The number of hydrogen-bond acceptors (Lipinski definition) is 2. The van der Waals surface area contributed by atoms with Gasteiger partial charge in [0.2, 0.25) is 0 Å². The summed E-state index contributed by atoms with van der Waals surface area (Å²) in [5, 5.41) is 0.618. The average molecular weight is 222 g/mol. The lowest BCUT2D eigenvalue weighted by atomic mass is 10.1. The first-order valence-electron chi connectivity index (χ1n) is 5.38. The summed E-state index contributed by atoms with van der Waals surface area (Å²) in [5.74, 6) is 0. The topological polar surface area (TPSA) is 45.8 Å². The highest BCUT2D eigenvalue weighted by molar-refractivity contribution is 5.80. The molecule has 0 aliphatic heterocycles. The minimum absolute atomic E-state index is 0.102. The first-order valence-corrected chi connectivity index (χ1v) is 5.38. The molecule has 0 fully saturated rings. The van der Waals surface area contributed by atoms with Crippen molar-refractivity contribution < 1.29 is 0 Å². The van der Waals surface area contributed by atoms with Crippen molar-refractivity contribution in [3.63, 3.8) is 0 Å². The van der Waals surface area contributed by atoms with E-state index in [-0.39, 0.29) is 5.56 Å². The summed E-state index contributed by atoms with van der Waals surface area (Å²) in [4.78, 5) is 18.7. The zero-order valence-corrected chi connectivity index (χ0v) is 9.05. The highest BCUT2D eigenvalue weighted by atomic mass is 16.1. The molecule has 0 atom stereocenters. The Labute approximate surface area is 97.8 Å². The van der Waals surface area contributed by atoms with Gasteiger partial charge in [0.15, 0.2) is 0 Å². The molecule has 0 spiro atoms. The Morgan fingerprint density at radius 1 is 0.941 bits per heavy atom. The lowest BCUT2D eigenvalue weighted by Crippen LogP contribution is -2.05. The molecule has 0 unspecified atom stereocenters. The fourth-order valence-corrected chi connectivity index (χ4v) is 1.84. The third-order valence-electron chi connectivity index (χ3n) is 2.69. The van der Waals surface area contributed by atoms with Crippen LogP contribution in [0.25, 0.3) is 22.2 Å². The molecule has 82 valence electrons. The van der Waals surface area contributed by atoms with E-state index in [1.165, 1.54) is 0 Å². The van der Waals surface area contributed by atoms with Crippen LogP contribution in [-0.2, 0) is 0 Å². The van der Waals surface area contributed by atoms with Gasteiger partial charge >= 0.3 is 0 Å². The van der Waals surface area contributed by atoms with E-state index in [1.807, 2.05) is 48.5 Å². The first kappa shape index (κ1) is 9.78. The summed E-state index contributed by atoms with van der Waals surface area (Å²) in [6, 6.07) is 15.4. The van der Waals surface area contributed by atoms with Gasteiger partial charge < -0.3 is 4.98 Å². The van der Waals surface area contributed by atoms with E-state index in [0.29, 0.717) is 5.39 Å². The minimum atomic E-state index is -0.102. The molecule has 1 aromatic carbocycles. The van der Waals surface area contributed by atoms with E-state index < -0.39 is 0 Å².